The summed E-state index contributed by atoms with van der Waals surface area (Å²) in [5, 5.41) is 11.7. The van der Waals surface area contributed by atoms with Crippen LogP contribution in [0.25, 0.3) is 0 Å². The number of hydrogen-bond acceptors (Lipinski definition) is 2. The van der Waals surface area contributed by atoms with Gasteiger partial charge in [-0.1, -0.05) is 37.6 Å². The molecule has 0 aliphatic carbocycles. The first-order valence-electron chi connectivity index (χ1n) is 9.80. The van der Waals surface area contributed by atoms with E-state index in [4.69, 9.17) is 12.2 Å². The van der Waals surface area contributed by atoms with Gasteiger partial charge >= 0.3 is 0 Å². The highest BCUT2D eigenvalue weighted by atomic mass is 32.1. The quantitative estimate of drug-likeness (QED) is 0.506. The van der Waals surface area contributed by atoms with Crippen LogP contribution in [0, 0.1) is 13.8 Å². The predicted molar refractivity (Wildman–Crippen MR) is 122 cm³/mol. The molecule has 4 nitrogen and oxygen atoms in total. The summed E-state index contributed by atoms with van der Waals surface area (Å²) < 4.78 is 2.02. The lowest BCUT2D eigenvalue weighted by molar-refractivity contribution is 0.659. The molecule has 0 spiro atoms. The van der Waals surface area contributed by atoms with E-state index in [9.17, 15) is 0 Å². The van der Waals surface area contributed by atoms with Gasteiger partial charge in [-0.25, -0.2) is 0 Å². The van der Waals surface area contributed by atoms with Gasteiger partial charge in [0, 0.05) is 17.1 Å². The monoisotopic (exact) mass is 392 g/mol. The first kappa shape index (κ1) is 20.1. The van der Waals surface area contributed by atoms with Crippen LogP contribution in [0.3, 0.4) is 0 Å². The van der Waals surface area contributed by atoms with Crippen LogP contribution >= 0.6 is 12.2 Å². The molecule has 0 amide bonds. The molecule has 28 heavy (non-hydrogen) atoms. The Morgan fingerprint density at radius 2 is 1.71 bits per heavy atom. The van der Waals surface area contributed by atoms with Crippen LogP contribution in [0.4, 0.5) is 11.4 Å². The summed E-state index contributed by atoms with van der Waals surface area (Å²) in [6.07, 6.45) is 3.56. The number of hydrogen-bond donors (Lipinski definition) is 2. The molecule has 0 fully saturated rings. The van der Waals surface area contributed by atoms with E-state index in [0.717, 1.165) is 35.7 Å². The number of thiocarbonyl (C=S) groups is 1. The SMILES string of the molecule is CCCCc1ccc(NC(=S)Nc2cccc(Cn3nc(C)cc3C)c2)cc1. The van der Waals surface area contributed by atoms with E-state index in [2.05, 4.69) is 72.0 Å². The van der Waals surface area contributed by atoms with Crippen molar-refractivity contribution >= 4 is 28.7 Å². The van der Waals surface area contributed by atoms with Crippen molar-refractivity contribution in [2.24, 2.45) is 0 Å². The van der Waals surface area contributed by atoms with Crippen LogP contribution in [-0.2, 0) is 13.0 Å². The van der Waals surface area contributed by atoms with Gasteiger partial charge in [-0.2, -0.15) is 5.10 Å². The summed E-state index contributed by atoms with van der Waals surface area (Å²) >= 11 is 5.48. The van der Waals surface area contributed by atoms with Crippen LogP contribution in [-0.4, -0.2) is 14.9 Å². The number of benzene rings is 2. The Bertz CT molecular complexity index is 928. The van der Waals surface area contributed by atoms with Crippen molar-refractivity contribution < 1.29 is 0 Å². The number of unbranched alkanes of at least 4 members (excludes halogenated alkanes) is 1. The molecule has 1 heterocycles. The molecule has 2 aromatic carbocycles. The number of nitrogens with zero attached hydrogens (tertiary/aromatic N) is 2. The second-order valence-corrected chi connectivity index (χ2v) is 7.57. The molecule has 3 rings (SSSR count). The van der Waals surface area contributed by atoms with Gasteiger partial charge in [-0.05, 0) is 80.4 Å². The van der Waals surface area contributed by atoms with E-state index in [1.807, 2.05) is 23.7 Å². The first-order chi connectivity index (χ1) is 13.5. The molecule has 1 aromatic heterocycles. The fraction of sp³-hybridized carbons (Fsp3) is 0.304. The molecule has 3 aromatic rings. The third-order valence-corrected chi connectivity index (χ3v) is 4.86. The van der Waals surface area contributed by atoms with E-state index in [0.29, 0.717) is 5.11 Å². The molecule has 0 bridgehead atoms. The summed E-state index contributed by atoms with van der Waals surface area (Å²) in [6, 6.07) is 18.9. The molecule has 0 atom stereocenters. The largest absolute Gasteiger partial charge is 0.332 e. The number of aromatic nitrogens is 2. The Morgan fingerprint density at radius 3 is 2.39 bits per heavy atom. The van der Waals surface area contributed by atoms with Gasteiger partial charge in [-0.3, -0.25) is 4.68 Å². The number of anilines is 2. The standard InChI is InChI=1S/C23H28N4S/c1-4-5-7-19-10-12-21(13-11-19)24-23(28)25-22-9-6-8-20(15-22)16-27-18(3)14-17(2)26-27/h6,8-15H,4-5,7,16H2,1-3H3,(H2,24,25,28). The highest BCUT2D eigenvalue weighted by Crippen LogP contribution is 2.15. The average Bonchev–Trinajstić information content (AvgIpc) is 2.98. The number of aryl methyl sites for hydroxylation is 3. The highest BCUT2D eigenvalue weighted by molar-refractivity contribution is 7.80. The van der Waals surface area contributed by atoms with Crippen molar-refractivity contribution in [3.05, 3.63) is 77.1 Å². The van der Waals surface area contributed by atoms with E-state index < -0.39 is 0 Å². The van der Waals surface area contributed by atoms with Crippen LogP contribution < -0.4 is 10.6 Å². The maximum absolute atomic E-state index is 5.48. The highest BCUT2D eigenvalue weighted by Gasteiger charge is 2.04. The number of nitrogens with one attached hydrogen (secondary N) is 2. The van der Waals surface area contributed by atoms with Gasteiger partial charge in [0.15, 0.2) is 5.11 Å². The van der Waals surface area contributed by atoms with Gasteiger partial charge in [0.25, 0.3) is 0 Å². The second-order valence-electron chi connectivity index (χ2n) is 7.16. The molecule has 2 N–H and O–H groups in total. The Morgan fingerprint density at radius 1 is 0.964 bits per heavy atom. The summed E-state index contributed by atoms with van der Waals surface area (Å²) in [5.74, 6) is 0. The smallest absolute Gasteiger partial charge is 0.175 e. The van der Waals surface area contributed by atoms with Gasteiger partial charge in [-0.15, -0.1) is 0 Å². The minimum atomic E-state index is 0.588. The van der Waals surface area contributed by atoms with Crippen LogP contribution in [0.15, 0.2) is 54.6 Å². The van der Waals surface area contributed by atoms with Gasteiger partial charge in [0.2, 0.25) is 0 Å². The normalized spacial score (nSPS) is 10.7. The fourth-order valence-electron chi connectivity index (χ4n) is 3.18. The zero-order chi connectivity index (χ0) is 19.9. The van der Waals surface area contributed by atoms with Crippen LogP contribution in [0.2, 0.25) is 0 Å². The molecule has 0 saturated carbocycles. The molecule has 0 radical (unpaired) electrons. The Kier molecular flexibility index (Phi) is 6.82. The molecule has 0 aliphatic heterocycles. The Labute approximate surface area is 173 Å². The molecule has 146 valence electrons. The van der Waals surface area contributed by atoms with Crippen molar-refractivity contribution in [2.75, 3.05) is 10.6 Å². The summed E-state index contributed by atoms with van der Waals surface area (Å²) in [4.78, 5) is 0. The zero-order valence-electron chi connectivity index (χ0n) is 16.8. The molecule has 0 saturated heterocycles. The second kappa shape index (κ2) is 9.51. The lowest BCUT2D eigenvalue weighted by atomic mass is 10.1. The summed E-state index contributed by atoms with van der Waals surface area (Å²) in [5.41, 5.74) is 6.71. The average molecular weight is 393 g/mol. The van der Waals surface area contributed by atoms with Gasteiger partial charge in [0.1, 0.15) is 0 Å². The topological polar surface area (TPSA) is 41.9 Å². The third-order valence-electron chi connectivity index (χ3n) is 4.65. The molecular weight excluding hydrogens is 364 g/mol. The van der Waals surface area contributed by atoms with Crippen LogP contribution in [0.5, 0.6) is 0 Å². The Balaban J connectivity index is 1.59. The van der Waals surface area contributed by atoms with E-state index in [-0.39, 0.29) is 0 Å². The molecule has 5 heteroatoms. The van der Waals surface area contributed by atoms with Crippen molar-refractivity contribution in [3.63, 3.8) is 0 Å². The maximum Gasteiger partial charge on any atom is 0.175 e. The molecule has 0 unspecified atom stereocenters. The summed E-state index contributed by atoms with van der Waals surface area (Å²) in [6.45, 7) is 7.05. The lowest BCUT2D eigenvalue weighted by Gasteiger charge is -2.12. The van der Waals surface area contributed by atoms with Crippen molar-refractivity contribution in [1.29, 1.82) is 0 Å². The fourth-order valence-corrected chi connectivity index (χ4v) is 3.42. The predicted octanol–water partition coefficient (Wildman–Crippen LogP) is 5.70. The first-order valence-corrected chi connectivity index (χ1v) is 10.2. The number of rotatable bonds is 7. The van der Waals surface area contributed by atoms with Crippen molar-refractivity contribution in [2.45, 2.75) is 46.6 Å². The zero-order valence-corrected chi connectivity index (χ0v) is 17.6. The van der Waals surface area contributed by atoms with E-state index in [1.165, 1.54) is 24.0 Å². The molecule has 0 aliphatic rings. The Hall–Kier alpha value is -2.66. The van der Waals surface area contributed by atoms with Gasteiger partial charge in [0.05, 0.1) is 12.2 Å². The van der Waals surface area contributed by atoms with E-state index in [1.54, 1.807) is 0 Å². The minimum Gasteiger partial charge on any atom is -0.332 e. The van der Waals surface area contributed by atoms with Crippen molar-refractivity contribution in [3.8, 4) is 0 Å². The third kappa shape index (κ3) is 5.67. The van der Waals surface area contributed by atoms with E-state index >= 15 is 0 Å². The maximum atomic E-state index is 5.48. The molecular formula is C23H28N4S. The minimum absolute atomic E-state index is 0.588. The summed E-state index contributed by atoms with van der Waals surface area (Å²) in [7, 11) is 0. The van der Waals surface area contributed by atoms with Crippen LogP contribution in [0.1, 0.15) is 42.3 Å². The van der Waals surface area contributed by atoms with Gasteiger partial charge < -0.3 is 10.6 Å². The lowest BCUT2D eigenvalue weighted by Crippen LogP contribution is -2.19. The van der Waals surface area contributed by atoms with Crippen molar-refractivity contribution in [1.82, 2.24) is 9.78 Å².